The van der Waals surface area contributed by atoms with Crippen LogP contribution in [0.3, 0.4) is 0 Å². The number of hydrazine groups is 2. The van der Waals surface area contributed by atoms with Gasteiger partial charge in [-0.25, -0.2) is 11.7 Å². The van der Waals surface area contributed by atoms with Crippen LogP contribution in [0.25, 0.3) is 11.1 Å². The molecular formula is C20H28N6O2. The molecule has 0 aromatic heterocycles. The number of aliphatic hydroxyl groups is 2. The molecular weight excluding hydrogens is 356 g/mol. The minimum absolute atomic E-state index is 0.0187. The molecule has 0 spiro atoms. The Hall–Kier alpha value is -3.04. The fourth-order valence-electron chi connectivity index (χ4n) is 2.55. The van der Waals surface area contributed by atoms with Crippen molar-refractivity contribution in [2.45, 2.75) is 12.8 Å². The SMILES string of the molecule is N/C(=C\N(N)c1ccc(-c2ccc(N(N)/C=C(\N)CCO)cc2)cc1)CCO. The van der Waals surface area contributed by atoms with Crippen LogP contribution >= 0.6 is 0 Å². The molecule has 28 heavy (non-hydrogen) atoms. The van der Waals surface area contributed by atoms with Crippen LogP contribution in [0, 0.1) is 0 Å². The van der Waals surface area contributed by atoms with Gasteiger partial charge < -0.3 is 21.7 Å². The van der Waals surface area contributed by atoms with Crippen molar-refractivity contribution >= 4 is 11.4 Å². The van der Waals surface area contributed by atoms with Gasteiger partial charge in [0.15, 0.2) is 0 Å². The van der Waals surface area contributed by atoms with E-state index in [-0.39, 0.29) is 13.2 Å². The summed E-state index contributed by atoms with van der Waals surface area (Å²) in [6.45, 7) is -0.0374. The fraction of sp³-hybridized carbons (Fsp3) is 0.200. The number of nitrogens with two attached hydrogens (primary N) is 4. The lowest BCUT2D eigenvalue weighted by Crippen LogP contribution is -2.26. The lowest BCUT2D eigenvalue weighted by Gasteiger charge is -2.17. The average molecular weight is 384 g/mol. The van der Waals surface area contributed by atoms with Gasteiger partial charge in [0.25, 0.3) is 0 Å². The monoisotopic (exact) mass is 384 g/mol. The Morgan fingerprint density at radius 2 is 1.00 bits per heavy atom. The zero-order chi connectivity index (χ0) is 20.5. The maximum absolute atomic E-state index is 8.89. The maximum atomic E-state index is 8.89. The van der Waals surface area contributed by atoms with E-state index in [1.807, 2.05) is 48.5 Å². The smallest absolute Gasteiger partial charge is 0.0569 e. The van der Waals surface area contributed by atoms with Gasteiger partial charge in [-0.05, 0) is 35.4 Å². The maximum Gasteiger partial charge on any atom is 0.0569 e. The van der Waals surface area contributed by atoms with Gasteiger partial charge in [-0.1, -0.05) is 24.3 Å². The van der Waals surface area contributed by atoms with Crippen molar-refractivity contribution in [3.8, 4) is 11.1 Å². The molecule has 0 fully saturated rings. The highest BCUT2D eigenvalue weighted by Gasteiger charge is 2.04. The second-order valence-corrected chi connectivity index (χ2v) is 6.26. The van der Waals surface area contributed by atoms with Crippen LogP contribution in [-0.2, 0) is 0 Å². The summed E-state index contributed by atoms with van der Waals surface area (Å²) >= 11 is 0. The number of anilines is 2. The number of benzene rings is 2. The molecule has 0 atom stereocenters. The van der Waals surface area contributed by atoms with Crippen LogP contribution in [0.4, 0.5) is 11.4 Å². The molecule has 0 radical (unpaired) electrons. The fourth-order valence-corrected chi connectivity index (χ4v) is 2.55. The molecule has 2 rings (SSSR count). The molecule has 0 bridgehead atoms. The zero-order valence-corrected chi connectivity index (χ0v) is 15.7. The second-order valence-electron chi connectivity index (χ2n) is 6.26. The molecule has 0 amide bonds. The van der Waals surface area contributed by atoms with E-state index in [1.165, 1.54) is 10.0 Å². The quantitative estimate of drug-likeness (QED) is 0.278. The minimum Gasteiger partial charge on any atom is -0.401 e. The van der Waals surface area contributed by atoms with Gasteiger partial charge in [0.2, 0.25) is 0 Å². The second kappa shape index (κ2) is 10.3. The first-order valence-electron chi connectivity index (χ1n) is 8.87. The van der Waals surface area contributed by atoms with Crippen LogP contribution < -0.4 is 33.2 Å². The molecule has 2 aromatic rings. The van der Waals surface area contributed by atoms with Crippen LogP contribution in [0.2, 0.25) is 0 Å². The van der Waals surface area contributed by atoms with E-state index in [9.17, 15) is 0 Å². The van der Waals surface area contributed by atoms with Gasteiger partial charge in [0.05, 0.1) is 11.4 Å². The standard InChI is InChI=1S/C20H28N6O2/c21-17(9-11-27)13-25(23)19-5-1-15(2-6-19)16-3-7-20(8-4-16)26(24)14-18(22)10-12-28/h1-8,13-14,27-28H,9-12,21-24H2/b17-13-,18-14-. The average Bonchev–Trinajstić information content (AvgIpc) is 2.68. The predicted octanol–water partition coefficient (Wildman–Crippen LogP) is 1.08. The van der Waals surface area contributed by atoms with Crippen LogP contribution in [0.15, 0.2) is 72.3 Å². The molecule has 0 aliphatic carbocycles. The number of nitrogens with zero attached hydrogens (tertiary/aromatic N) is 2. The van der Waals surface area contributed by atoms with Gasteiger partial charge in [-0.2, -0.15) is 0 Å². The lowest BCUT2D eigenvalue weighted by molar-refractivity contribution is 0.298. The molecule has 0 heterocycles. The number of hydrogen-bond donors (Lipinski definition) is 6. The van der Waals surface area contributed by atoms with E-state index in [4.69, 9.17) is 33.4 Å². The Balaban J connectivity index is 2.10. The third-order valence-electron chi connectivity index (χ3n) is 4.08. The van der Waals surface area contributed by atoms with Gasteiger partial charge in [0.1, 0.15) is 0 Å². The Labute approximate surface area is 164 Å². The summed E-state index contributed by atoms with van der Waals surface area (Å²) < 4.78 is 0. The summed E-state index contributed by atoms with van der Waals surface area (Å²) in [7, 11) is 0. The van der Waals surface area contributed by atoms with Crippen molar-refractivity contribution in [3.63, 3.8) is 0 Å². The van der Waals surface area contributed by atoms with E-state index in [1.54, 1.807) is 12.4 Å². The first-order valence-corrected chi connectivity index (χ1v) is 8.87. The third kappa shape index (κ3) is 6.00. The molecule has 150 valence electrons. The van der Waals surface area contributed by atoms with E-state index in [0.717, 1.165) is 22.5 Å². The highest BCUT2D eigenvalue weighted by Crippen LogP contribution is 2.25. The molecule has 0 saturated carbocycles. The van der Waals surface area contributed by atoms with Gasteiger partial charge in [0, 0.05) is 49.8 Å². The van der Waals surface area contributed by atoms with Crippen LogP contribution in [0.1, 0.15) is 12.8 Å². The Bertz CT molecular complexity index is 733. The van der Waals surface area contributed by atoms with Crippen molar-refractivity contribution < 1.29 is 10.2 Å². The molecule has 0 unspecified atom stereocenters. The molecule has 0 aliphatic rings. The van der Waals surface area contributed by atoms with E-state index in [2.05, 4.69) is 0 Å². The zero-order valence-electron chi connectivity index (χ0n) is 15.7. The lowest BCUT2D eigenvalue weighted by atomic mass is 10.0. The van der Waals surface area contributed by atoms with Crippen molar-refractivity contribution in [1.29, 1.82) is 0 Å². The molecule has 10 N–H and O–H groups in total. The van der Waals surface area contributed by atoms with Crippen molar-refractivity contribution in [2.75, 3.05) is 23.2 Å². The summed E-state index contributed by atoms with van der Waals surface area (Å²) in [4.78, 5) is 0. The number of rotatable bonds is 9. The van der Waals surface area contributed by atoms with Crippen LogP contribution in [-0.4, -0.2) is 23.4 Å². The molecule has 8 nitrogen and oxygen atoms in total. The molecule has 8 heteroatoms. The Morgan fingerprint density at radius 1 is 0.679 bits per heavy atom. The van der Waals surface area contributed by atoms with E-state index >= 15 is 0 Å². The highest BCUT2D eigenvalue weighted by molar-refractivity contribution is 5.68. The minimum atomic E-state index is -0.0187. The first kappa shape index (κ1) is 21.3. The van der Waals surface area contributed by atoms with Gasteiger partial charge in [-0.3, -0.25) is 10.0 Å². The van der Waals surface area contributed by atoms with Gasteiger partial charge in [-0.15, -0.1) is 0 Å². The third-order valence-corrected chi connectivity index (χ3v) is 4.08. The summed E-state index contributed by atoms with van der Waals surface area (Å²) in [6.07, 6.45) is 3.92. The Morgan fingerprint density at radius 3 is 1.29 bits per heavy atom. The molecule has 2 aromatic carbocycles. The topological polar surface area (TPSA) is 151 Å². The molecule has 0 saturated heterocycles. The van der Waals surface area contributed by atoms with Crippen molar-refractivity contribution in [2.24, 2.45) is 23.2 Å². The van der Waals surface area contributed by atoms with Crippen LogP contribution in [0.5, 0.6) is 0 Å². The van der Waals surface area contributed by atoms with Crippen molar-refractivity contribution in [1.82, 2.24) is 0 Å². The van der Waals surface area contributed by atoms with Crippen molar-refractivity contribution in [3.05, 3.63) is 72.3 Å². The summed E-state index contributed by atoms with van der Waals surface area (Å²) in [5.74, 6) is 11.9. The first-order chi connectivity index (χ1) is 13.4. The van der Waals surface area contributed by atoms with E-state index in [0.29, 0.717) is 24.2 Å². The van der Waals surface area contributed by atoms with Gasteiger partial charge >= 0.3 is 0 Å². The highest BCUT2D eigenvalue weighted by atomic mass is 16.3. The van der Waals surface area contributed by atoms with E-state index < -0.39 is 0 Å². The molecule has 0 aliphatic heterocycles. The predicted molar refractivity (Wildman–Crippen MR) is 113 cm³/mol. The summed E-state index contributed by atoms with van der Waals surface area (Å²) in [5.41, 5.74) is 16.1. The summed E-state index contributed by atoms with van der Waals surface area (Å²) in [6, 6.07) is 15.4. The number of hydrogen-bond acceptors (Lipinski definition) is 8. The normalized spacial score (nSPS) is 12.1. The number of aliphatic hydroxyl groups excluding tert-OH is 2. The Kier molecular flexibility index (Phi) is 7.85. The summed E-state index contributed by atoms with van der Waals surface area (Å²) in [5, 5.41) is 20.6. The largest absolute Gasteiger partial charge is 0.401 e.